The molecule has 2 aliphatic rings. The highest BCUT2D eigenvalue weighted by atomic mass is 32.1. The van der Waals surface area contributed by atoms with Crippen molar-refractivity contribution in [3.05, 3.63) is 47.4 Å². The first kappa shape index (κ1) is 24.6. The van der Waals surface area contributed by atoms with Crippen LogP contribution in [0.4, 0.5) is 29.3 Å². The van der Waals surface area contributed by atoms with Gasteiger partial charge in [-0.25, -0.2) is 9.37 Å². The van der Waals surface area contributed by atoms with Crippen LogP contribution in [0.2, 0.25) is 0 Å². The van der Waals surface area contributed by atoms with Gasteiger partial charge in [-0.05, 0) is 68.9 Å². The van der Waals surface area contributed by atoms with Gasteiger partial charge in [-0.2, -0.15) is 18.2 Å². The van der Waals surface area contributed by atoms with Crippen molar-refractivity contribution in [1.82, 2.24) is 15.3 Å². The van der Waals surface area contributed by atoms with Crippen LogP contribution in [0.1, 0.15) is 63.1 Å². The van der Waals surface area contributed by atoms with Crippen LogP contribution < -0.4 is 15.5 Å². The molecule has 0 bridgehead atoms. The molecule has 1 aliphatic carbocycles. The Morgan fingerprint density at radius 1 is 1.12 bits per heavy atom. The van der Waals surface area contributed by atoms with Gasteiger partial charge in [0.1, 0.15) is 11.6 Å². The molecule has 0 unspecified atom stereocenters. The average molecular weight is 496 g/mol. The van der Waals surface area contributed by atoms with Crippen LogP contribution in [0.15, 0.2) is 30.3 Å². The molecular formula is C24H29F4N5S. The minimum Gasteiger partial charge on any atom is -0.361 e. The van der Waals surface area contributed by atoms with E-state index in [0.29, 0.717) is 13.1 Å². The van der Waals surface area contributed by atoms with Gasteiger partial charge >= 0.3 is 6.18 Å². The Bertz CT molecular complexity index is 1010. The fraction of sp³-hybridized carbons (Fsp3) is 0.542. The number of halogens is 4. The number of nitrogens with zero attached hydrogens (tertiary/aromatic N) is 3. The summed E-state index contributed by atoms with van der Waals surface area (Å²) in [5, 5.41) is 6.06. The average Bonchev–Trinajstić information content (AvgIpc) is 3.28. The Morgan fingerprint density at radius 3 is 2.47 bits per heavy atom. The summed E-state index contributed by atoms with van der Waals surface area (Å²) in [5.41, 5.74) is -0.180. The second kappa shape index (κ2) is 10.0. The molecule has 2 N–H and O–H groups in total. The van der Waals surface area contributed by atoms with Gasteiger partial charge in [0.15, 0.2) is 10.8 Å². The lowest BCUT2D eigenvalue weighted by molar-refractivity contribution is -0.141. The number of nitrogens with one attached hydrogen (secondary N) is 2. The van der Waals surface area contributed by atoms with E-state index in [0.717, 1.165) is 56.6 Å². The molecule has 0 spiro atoms. The molecule has 5 nitrogen and oxygen atoms in total. The van der Waals surface area contributed by atoms with Gasteiger partial charge in [0.25, 0.3) is 0 Å². The largest absolute Gasteiger partial charge is 0.433 e. The van der Waals surface area contributed by atoms with Gasteiger partial charge in [-0.1, -0.05) is 25.0 Å². The molecule has 2 heterocycles. The summed E-state index contributed by atoms with van der Waals surface area (Å²) in [6, 6.07) is 7.59. The molecule has 1 aromatic carbocycles. The highest BCUT2D eigenvalue weighted by molar-refractivity contribution is 7.80. The first-order chi connectivity index (χ1) is 16.2. The number of anilines is 2. The molecule has 1 aliphatic heterocycles. The highest BCUT2D eigenvalue weighted by Crippen LogP contribution is 2.40. The van der Waals surface area contributed by atoms with Gasteiger partial charge < -0.3 is 15.5 Å². The maximum Gasteiger partial charge on any atom is 0.433 e. The number of thiocarbonyl (C=S) groups is 1. The van der Waals surface area contributed by atoms with Crippen molar-refractivity contribution < 1.29 is 17.6 Å². The van der Waals surface area contributed by atoms with E-state index in [1.54, 1.807) is 12.1 Å². The van der Waals surface area contributed by atoms with E-state index in [1.807, 2.05) is 11.8 Å². The van der Waals surface area contributed by atoms with E-state index in [2.05, 4.69) is 20.6 Å². The van der Waals surface area contributed by atoms with Crippen LogP contribution in [0.5, 0.6) is 0 Å². The Kier molecular flexibility index (Phi) is 7.25. The Labute approximate surface area is 202 Å². The van der Waals surface area contributed by atoms with Gasteiger partial charge in [-0.15, -0.1) is 0 Å². The summed E-state index contributed by atoms with van der Waals surface area (Å²) >= 11 is 5.39. The highest BCUT2D eigenvalue weighted by Gasteiger charge is 2.37. The predicted octanol–water partition coefficient (Wildman–Crippen LogP) is 5.81. The summed E-state index contributed by atoms with van der Waals surface area (Å²) in [4.78, 5) is 9.94. The number of rotatable bonds is 5. The van der Waals surface area contributed by atoms with Crippen molar-refractivity contribution in [1.29, 1.82) is 0 Å². The molecule has 0 radical (unpaired) electrons. The fourth-order valence-corrected chi connectivity index (χ4v) is 5.20. The normalized spacial score (nSPS) is 20.3. The Morgan fingerprint density at radius 2 is 1.82 bits per heavy atom. The smallest absolute Gasteiger partial charge is 0.361 e. The van der Waals surface area contributed by atoms with Crippen LogP contribution in [-0.2, 0) is 11.6 Å². The van der Waals surface area contributed by atoms with Crippen molar-refractivity contribution in [3.8, 4) is 0 Å². The second-order valence-electron chi connectivity index (χ2n) is 9.27. The lowest BCUT2D eigenvalue weighted by Gasteiger charge is -2.34. The molecule has 1 saturated heterocycles. The van der Waals surface area contributed by atoms with E-state index in [9.17, 15) is 17.6 Å². The van der Waals surface area contributed by atoms with Crippen molar-refractivity contribution in [2.24, 2.45) is 0 Å². The fourth-order valence-electron chi connectivity index (χ4n) is 5.04. The minimum atomic E-state index is -4.60. The van der Waals surface area contributed by atoms with Crippen LogP contribution in [0.25, 0.3) is 0 Å². The molecule has 1 aromatic heterocycles. The maximum atomic E-state index is 13.6. The third kappa shape index (κ3) is 5.59. The van der Waals surface area contributed by atoms with E-state index in [-0.39, 0.29) is 34.2 Å². The van der Waals surface area contributed by atoms with Crippen molar-refractivity contribution in [3.63, 3.8) is 0 Å². The number of piperidine rings is 1. The zero-order valence-corrected chi connectivity index (χ0v) is 19.9. The van der Waals surface area contributed by atoms with Crippen LogP contribution in [0.3, 0.4) is 0 Å². The number of alkyl halides is 3. The topological polar surface area (TPSA) is 53.1 Å². The van der Waals surface area contributed by atoms with Crippen molar-refractivity contribution in [2.75, 3.05) is 23.3 Å². The quantitative estimate of drug-likeness (QED) is 0.403. The monoisotopic (exact) mass is 495 g/mol. The van der Waals surface area contributed by atoms with E-state index < -0.39 is 11.9 Å². The first-order valence-corrected chi connectivity index (χ1v) is 12.1. The molecule has 4 rings (SSSR count). The zero-order chi connectivity index (χ0) is 24.3. The predicted molar refractivity (Wildman–Crippen MR) is 128 cm³/mol. The number of aromatic nitrogens is 2. The summed E-state index contributed by atoms with van der Waals surface area (Å²) < 4.78 is 54.1. The van der Waals surface area contributed by atoms with Gasteiger partial charge in [-0.3, -0.25) is 0 Å². The molecule has 2 aromatic rings. The van der Waals surface area contributed by atoms with Gasteiger partial charge in [0, 0.05) is 30.6 Å². The van der Waals surface area contributed by atoms with Crippen LogP contribution >= 0.6 is 12.2 Å². The number of benzene rings is 1. The summed E-state index contributed by atoms with van der Waals surface area (Å²) in [6.45, 7) is 3.13. The lowest BCUT2D eigenvalue weighted by atomic mass is 9.79. The maximum absolute atomic E-state index is 13.6. The third-order valence-corrected chi connectivity index (χ3v) is 7.18. The second-order valence-corrected chi connectivity index (χ2v) is 9.68. The molecule has 1 saturated carbocycles. The Hall–Kier alpha value is -2.49. The summed E-state index contributed by atoms with van der Waals surface area (Å²) in [5.74, 6) is -0.219. The molecule has 184 valence electrons. The SMILES string of the molecule is C[C@@H]1CCCCN1c1cc(C(F)(F)F)nc(NC(=S)NCC2(c3ccc(F)cc3)CCCC2)n1. The molecule has 0 amide bonds. The first-order valence-electron chi connectivity index (χ1n) is 11.7. The van der Waals surface area contributed by atoms with Gasteiger partial charge in [0.2, 0.25) is 5.95 Å². The standard InChI is InChI=1S/C24H29F4N5S/c1-16-6-2-5-13-33(16)20-14-19(24(26,27)28)30-21(31-20)32-22(34)29-15-23(11-3-4-12-23)17-7-9-18(25)10-8-17/h7-10,14,16H,2-6,11-13,15H2,1H3,(H2,29,30,31,32,34)/t16-/m1/s1. The van der Waals surface area contributed by atoms with E-state index in [4.69, 9.17) is 12.2 Å². The van der Waals surface area contributed by atoms with E-state index in [1.165, 1.54) is 12.1 Å². The Balaban J connectivity index is 1.50. The molecule has 2 fully saturated rings. The van der Waals surface area contributed by atoms with Gasteiger partial charge in [0.05, 0.1) is 0 Å². The lowest BCUT2D eigenvalue weighted by Crippen LogP contribution is -2.41. The van der Waals surface area contributed by atoms with E-state index >= 15 is 0 Å². The number of hydrogen-bond acceptors (Lipinski definition) is 4. The van der Waals surface area contributed by atoms with Crippen LogP contribution in [0, 0.1) is 5.82 Å². The van der Waals surface area contributed by atoms with Crippen LogP contribution in [-0.4, -0.2) is 34.2 Å². The molecule has 34 heavy (non-hydrogen) atoms. The molecule has 1 atom stereocenters. The third-order valence-electron chi connectivity index (χ3n) is 6.93. The number of hydrogen-bond donors (Lipinski definition) is 2. The zero-order valence-electron chi connectivity index (χ0n) is 19.1. The van der Waals surface area contributed by atoms with Crippen molar-refractivity contribution in [2.45, 2.75) is 69.5 Å². The summed E-state index contributed by atoms with van der Waals surface area (Å²) in [7, 11) is 0. The minimum absolute atomic E-state index is 0.0978. The van der Waals surface area contributed by atoms with Crippen molar-refractivity contribution >= 4 is 29.1 Å². The molecular weight excluding hydrogens is 466 g/mol. The summed E-state index contributed by atoms with van der Waals surface area (Å²) in [6.07, 6.45) is 2.20. The molecule has 10 heteroatoms.